The molecule has 0 spiro atoms. The summed E-state index contributed by atoms with van der Waals surface area (Å²) in [4.78, 5) is 27.5. The van der Waals surface area contributed by atoms with Crippen LogP contribution in [-0.4, -0.2) is 29.3 Å². The molecule has 2 rings (SSSR count). The highest BCUT2D eigenvalue weighted by Gasteiger charge is 2.26. The van der Waals surface area contributed by atoms with Crippen LogP contribution >= 0.6 is 0 Å². The van der Waals surface area contributed by atoms with Crippen LogP contribution in [-0.2, 0) is 22.6 Å². The molecule has 0 aliphatic rings. The Hall–Kier alpha value is -2.62. The summed E-state index contributed by atoms with van der Waals surface area (Å²) in [5.74, 6) is 0.210. The number of amides is 2. The van der Waals surface area contributed by atoms with Crippen LogP contribution < -0.4 is 5.32 Å². The van der Waals surface area contributed by atoms with Crippen molar-refractivity contribution < 1.29 is 9.59 Å². The number of nitrogens with one attached hydrogen (secondary N) is 1. The van der Waals surface area contributed by atoms with E-state index >= 15 is 0 Å². The number of carbonyl (C=O) groups is 2. The first kappa shape index (κ1) is 21.7. The van der Waals surface area contributed by atoms with E-state index in [1.807, 2.05) is 49.4 Å². The molecule has 1 N–H and O–H groups in total. The summed E-state index contributed by atoms with van der Waals surface area (Å²) in [6.45, 7) is 11.0. The summed E-state index contributed by atoms with van der Waals surface area (Å²) in [5, 5.41) is 2.95. The molecule has 28 heavy (non-hydrogen) atoms. The molecule has 0 aliphatic carbocycles. The van der Waals surface area contributed by atoms with Gasteiger partial charge in [-0.2, -0.15) is 0 Å². The molecule has 4 nitrogen and oxygen atoms in total. The molecule has 0 bridgehead atoms. The van der Waals surface area contributed by atoms with Gasteiger partial charge in [0.2, 0.25) is 11.8 Å². The lowest BCUT2D eigenvalue weighted by Crippen LogP contribution is -2.48. The summed E-state index contributed by atoms with van der Waals surface area (Å²) in [6, 6.07) is 15.4. The SMILES string of the molecule is Cc1ccc(CC(=O)N(Cc2ccccc2)[C@@H](C)C(=O)NCC(C)C)cc1C. The van der Waals surface area contributed by atoms with Gasteiger partial charge in [0.25, 0.3) is 0 Å². The maximum Gasteiger partial charge on any atom is 0.242 e. The molecule has 0 aromatic heterocycles. The molecule has 0 aliphatic heterocycles. The van der Waals surface area contributed by atoms with Crippen molar-refractivity contribution in [3.8, 4) is 0 Å². The predicted molar refractivity (Wildman–Crippen MR) is 114 cm³/mol. The third-order valence-corrected chi connectivity index (χ3v) is 4.97. The minimum Gasteiger partial charge on any atom is -0.354 e. The first-order chi connectivity index (χ1) is 13.3. The molecule has 0 saturated carbocycles. The van der Waals surface area contributed by atoms with E-state index in [9.17, 15) is 9.59 Å². The number of hydrogen-bond donors (Lipinski definition) is 1. The van der Waals surface area contributed by atoms with Crippen molar-refractivity contribution >= 4 is 11.8 Å². The number of carbonyl (C=O) groups excluding carboxylic acids is 2. The average molecular weight is 381 g/mol. The van der Waals surface area contributed by atoms with Crippen molar-refractivity contribution in [2.75, 3.05) is 6.54 Å². The lowest BCUT2D eigenvalue weighted by Gasteiger charge is -2.29. The Labute approximate surface area is 169 Å². The summed E-state index contributed by atoms with van der Waals surface area (Å²) in [6.07, 6.45) is 0.287. The largest absolute Gasteiger partial charge is 0.354 e. The van der Waals surface area contributed by atoms with Crippen LogP contribution in [0.15, 0.2) is 48.5 Å². The molecule has 0 saturated heterocycles. The van der Waals surface area contributed by atoms with E-state index in [1.54, 1.807) is 11.8 Å². The van der Waals surface area contributed by atoms with Gasteiger partial charge in [0.1, 0.15) is 6.04 Å². The van der Waals surface area contributed by atoms with Gasteiger partial charge in [-0.3, -0.25) is 9.59 Å². The van der Waals surface area contributed by atoms with E-state index in [0.29, 0.717) is 19.0 Å². The molecule has 2 aromatic rings. The standard InChI is InChI=1S/C24H32N2O2/c1-17(2)15-25-24(28)20(5)26(16-21-9-7-6-8-10-21)23(27)14-22-12-11-18(3)19(4)13-22/h6-13,17,20H,14-16H2,1-5H3,(H,25,28)/t20-/m0/s1. The van der Waals surface area contributed by atoms with Crippen LogP contribution in [0.1, 0.15) is 43.0 Å². The first-order valence-corrected chi connectivity index (χ1v) is 9.95. The normalized spacial score (nSPS) is 11.9. The lowest BCUT2D eigenvalue weighted by atomic mass is 10.0. The summed E-state index contributed by atoms with van der Waals surface area (Å²) in [5.41, 5.74) is 4.36. The van der Waals surface area contributed by atoms with Gasteiger partial charge in [0.15, 0.2) is 0 Å². The van der Waals surface area contributed by atoms with Crippen molar-refractivity contribution in [2.45, 2.75) is 53.6 Å². The highest BCUT2D eigenvalue weighted by Crippen LogP contribution is 2.15. The maximum atomic E-state index is 13.1. The molecule has 0 heterocycles. The van der Waals surface area contributed by atoms with Crippen LogP contribution in [0.3, 0.4) is 0 Å². The van der Waals surface area contributed by atoms with Crippen LogP contribution in [0.4, 0.5) is 0 Å². The molecule has 0 fully saturated rings. The Kier molecular flexibility index (Phi) is 7.80. The van der Waals surface area contributed by atoms with E-state index in [0.717, 1.165) is 11.1 Å². The smallest absolute Gasteiger partial charge is 0.242 e. The van der Waals surface area contributed by atoms with E-state index in [-0.39, 0.29) is 18.2 Å². The first-order valence-electron chi connectivity index (χ1n) is 9.95. The summed E-state index contributed by atoms with van der Waals surface area (Å²) < 4.78 is 0. The van der Waals surface area contributed by atoms with Crippen molar-refractivity contribution in [3.05, 3.63) is 70.8 Å². The monoisotopic (exact) mass is 380 g/mol. The molecule has 0 unspecified atom stereocenters. The molecule has 0 radical (unpaired) electrons. The Balaban J connectivity index is 2.19. The number of aryl methyl sites for hydroxylation is 2. The van der Waals surface area contributed by atoms with Gasteiger partial charge in [-0.05, 0) is 48.9 Å². The Morgan fingerprint density at radius 2 is 1.61 bits per heavy atom. The van der Waals surface area contributed by atoms with Crippen LogP contribution in [0.5, 0.6) is 0 Å². The molecule has 1 atom stereocenters. The third-order valence-electron chi connectivity index (χ3n) is 4.97. The Morgan fingerprint density at radius 3 is 2.21 bits per heavy atom. The van der Waals surface area contributed by atoms with Crippen LogP contribution in [0.25, 0.3) is 0 Å². The highest BCUT2D eigenvalue weighted by molar-refractivity contribution is 5.88. The fourth-order valence-electron chi connectivity index (χ4n) is 3.00. The van der Waals surface area contributed by atoms with Gasteiger partial charge in [-0.15, -0.1) is 0 Å². The van der Waals surface area contributed by atoms with Gasteiger partial charge in [0.05, 0.1) is 6.42 Å². The van der Waals surface area contributed by atoms with Crippen molar-refractivity contribution in [1.82, 2.24) is 10.2 Å². The topological polar surface area (TPSA) is 49.4 Å². The quantitative estimate of drug-likeness (QED) is 0.751. The van der Waals surface area contributed by atoms with Gasteiger partial charge >= 0.3 is 0 Å². The second kappa shape index (κ2) is 10.1. The molecule has 2 aromatic carbocycles. The zero-order valence-electron chi connectivity index (χ0n) is 17.7. The number of benzene rings is 2. The van der Waals surface area contributed by atoms with Gasteiger partial charge in [-0.25, -0.2) is 0 Å². The number of rotatable bonds is 8. The van der Waals surface area contributed by atoms with Crippen molar-refractivity contribution in [3.63, 3.8) is 0 Å². The Morgan fingerprint density at radius 1 is 0.929 bits per heavy atom. The van der Waals surface area contributed by atoms with E-state index in [4.69, 9.17) is 0 Å². The van der Waals surface area contributed by atoms with Gasteiger partial charge in [-0.1, -0.05) is 62.4 Å². The van der Waals surface area contributed by atoms with E-state index in [2.05, 4.69) is 32.2 Å². The molecular formula is C24H32N2O2. The fraction of sp³-hybridized carbons (Fsp3) is 0.417. The van der Waals surface area contributed by atoms with Crippen molar-refractivity contribution in [2.24, 2.45) is 5.92 Å². The van der Waals surface area contributed by atoms with E-state index in [1.165, 1.54) is 11.1 Å². The minimum absolute atomic E-state index is 0.0423. The Bertz CT molecular complexity index is 800. The van der Waals surface area contributed by atoms with Crippen molar-refractivity contribution in [1.29, 1.82) is 0 Å². The minimum atomic E-state index is -0.530. The van der Waals surface area contributed by atoms with E-state index < -0.39 is 6.04 Å². The maximum absolute atomic E-state index is 13.1. The average Bonchev–Trinajstić information content (AvgIpc) is 2.67. The van der Waals surface area contributed by atoms with Gasteiger partial charge in [0, 0.05) is 13.1 Å². The second-order valence-electron chi connectivity index (χ2n) is 7.92. The highest BCUT2D eigenvalue weighted by atomic mass is 16.2. The van der Waals surface area contributed by atoms with Gasteiger partial charge < -0.3 is 10.2 Å². The van der Waals surface area contributed by atoms with Crippen LogP contribution in [0.2, 0.25) is 0 Å². The summed E-state index contributed by atoms with van der Waals surface area (Å²) in [7, 11) is 0. The molecular weight excluding hydrogens is 348 g/mol. The number of nitrogens with zero attached hydrogens (tertiary/aromatic N) is 1. The second-order valence-corrected chi connectivity index (χ2v) is 7.92. The predicted octanol–water partition coefficient (Wildman–Crippen LogP) is 4.04. The molecule has 150 valence electrons. The lowest BCUT2D eigenvalue weighted by molar-refractivity contribution is -0.140. The zero-order valence-corrected chi connectivity index (χ0v) is 17.7. The third kappa shape index (κ3) is 6.22. The summed E-state index contributed by atoms with van der Waals surface area (Å²) >= 11 is 0. The zero-order chi connectivity index (χ0) is 20.7. The van der Waals surface area contributed by atoms with Crippen LogP contribution in [0, 0.1) is 19.8 Å². The molecule has 4 heteroatoms. The molecule has 2 amide bonds. The fourth-order valence-corrected chi connectivity index (χ4v) is 3.00. The number of hydrogen-bond acceptors (Lipinski definition) is 2.